The molecule has 1 unspecified atom stereocenters. The van der Waals surface area contributed by atoms with E-state index in [1.165, 1.54) is 36.5 Å². The minimum Gasteiger partial charge on any atom is -0.472 e. The quantitative estimate of drug-likeness (QED) is 0.877. The van der Waals surface area contributed by atoms with Crippen molar-refractivity contribution in [2.45, 2.75) is 38.6 Å². The van der Waals surface area contributed by atoms with E-state index in [2.05, 4.69) is 36.5 Å². The van der Waals surface area contributed by atoms with Crippen molar-refractivity contribution in [2.75, 3.05) is 13.1 Å². The van der Waals surface area contributed by atoms with E-state index >= 15 is 0 Å². The fourth-order valence-electron chi connectivity index (χ4n) is 3.86. The van der Waals surface area contributed by atoms with Crippen molar-refractivity contribution in [1.82, 2.24) is 10.2 Å². The lowest BCUT2D eigenvalue weighted by atomic mass is 9.94. The monoisotopic (exact) mass is 366 g/mol. The summed E-state index contributed by atoms with van der Waals surface area (Å²) < 4.78 is 5.00. The second-order valence-electron chi connectivity index (χ2n) is 7.81. The Balaban J connectivity index is 1.34. The molecule has 1 aliphatic carbocycles. The first-order valence-corrected chi connectivity index (χ1v) is 9.80. The van der Waals surface area contributed by atoms with Gasteiger partial charge in [-0.15, -0.1) is 0 Å². The van der Waals surface area contributed by atoms with Crippen molar-refractivity contribution < 1.29 is 14.0 Å². The number of nitrogens with zero attached hydrogens (tertiary/aromatic N) is 1. The highest BCUT2D eigenvalue weighted by molar-refractivity contribution is 5.94. The van der Waals surface area contributed by atoms with Gasteiger partial charge >= 0.3 is 0 Å². The molecule has 1 aliphatic heterocycles. The maximum absolute atomic E-state index is 12.9. The number of aryl methyl sites for hydroxylation is 1. The third kappa shape index (κ3) is 4.07. The van der Waals surface area contributed by atoms with Crippen LogP contribution < -0.4 is 5.32 Å². The number of hydrogen-bond acceptors (Lipinski definition) is 3. The summed E-state index contributed by atoms with van der Waals surface area (Å²) >= 11 is 0. The number of rotatable bonds is 5. The van der Waals surface area contributed by atoms with Crippen LogP contribution in [0.2, 0.25) is 0 Å². The average Bonchev–Trinajstić information content (AvgIpc) is 3.39. The van der Waals surface area contributed by atoms with Crippen molar-refractivity contribution in [3.63, 3.8) is 0 Å². The summed E-state index contributed by atoms with van der Waals surface area (Å²) in [5.74, 6) is 0.644. The van der Waals surface area contributed by atoms with Gasteiger partial charge in [-0.2, -0.15) is 0 Å². The molecule has 5 nitrogen and oxygen atoms in total. The Morgan fingerprint density at radius 2 is 1.78 bits per heavy atom. The molecule has 0 bridgehead atoms. The predicted octanol–water partition coefficient (Wildman–Crippen LogP) is 3.71. The molecule has 27 heavy (non-hydrogen) atoms. The average molecular weight is 366 g/mol. The van der Waals surface area contributed by atoms with Crippen molar-refractivity contribution in [3.8, 4) is 0 Å². The van der Waals surface area contributed by atoms with Crippen LogP contribution in [0.1, 0.15) is 53.2 Å². The third-order valence-electron chi connectivity index (χ3n) is 5.75. The first kappa shape index (κ1) is 17.8. The Hall–Kier alpha value is -2.56. The molecule has 1 aromatic heterocycles. The molecule has 5 heteroatoms. The summed E-state index contributed by atoms with van der Waals surface area (Å²) in [6, 6.07) is 10.3. The SMILES string of the molecule is Cc1ccc(C(NC(=O)C2CCN(C(=O)c3ccoc3)CC2)C2CC2)cc1. The molecule has 1 N–H and O–H groups in total. The lowest BCUT2D eigenvalue weighted by Crippen LogP contribution is -2.44. The van der Waals surface area contributed by atoms with Crippen LogP contribution in [0.5, 0.6) is 0 Å². The number of carbonyl (C=O) groups excluding carboxylic acids is 2. The molecule has 1 saturated heterocycles. The number of benzene rings is 1. The van der Waals surface area contributed by atoms with Gasteiger partial charge in [-0.05, 0) is 50.2 Å². The molecule has 1 saturated carbocycles. The zero-order chi connectivity index (χ0) is 18.8. The van der Waals surface area contributed by atoms with E-state index in [4.69, 9.17) is 4.42 Å². The zero-order valence-electron chi connectivity index (χ0n) is 15.7. The standard InChI is InChI=1S/C22H26N2O3/c1-15-2-4-16(5-3-15)20(17-6-7-17)23-21(25)18-8-11-24(12-9-18)22(26)19-10-13-27-14-19/h2-5,10,13-14,17-18,20H,6-9,11-12H2,1H3,(H,23,25). The van der Waals surface area contributed by atoms with Crippen LogP contribution in [0.3, 0.4) is 0 Å². The molecule has 2 aromatic rings. The normalized spacial score (nSPS) is 18.9. The van der Waals surface area contributed by atoms with Crippen molar-refractivity contribution >= 4 is 11.8 Å². The summed E-state index contributed by atoms with van der Waals surface area (Å²) in [6.45, 7) is 3.30. The molecule has 1 atom stereocenters. The van der Waals surface area contributed by atoms with E-state index in [0.717, 1.165) is 0 Å². The highest BCUT2D eigenvalue weighted by Gasteiger charge is 2.35. The molecule has 2 amide bonds. The molecule has 2 heterocycles. The van der Waals surface area contributed by atoms with E-state index in [9.17, 15) is 9.59 Å². The van der Waals surface area contributed by atoms with Gasteiger partial charge in [0.25, 0.3) is 5.91 Å². The van der Waals surface area contributed by atoms with Crippen LogP contribution in [-0.2, 0) is 4.79 Å². The lowest BCUT2D eigenvalue weighted by Gasteiger charge is -2.32. The molecule has 4 rings (SSSR count). The lowest BCUT2D eigenvalue weighted by molar-refractivity contribution is -0.127. The van der Waals surface area contributed by atoms with E-state index in [1.54, 1.807) is 6.07 Å². The number of piperidine rings is 1. The van der Waals surface area contributed by atoms with Gasteiger partial charge in [-0.1, -0.05) is 29.8 Å². The van der Waals surface area contributed by atoms with Gasteiger partial charge in [0.05, 0.1) is 17.9 Å². The molecular weight excluding hydrogens is 340 g/mol. The van der Waals surface area contributed by atoms with Crippen molar-refractivity contribution in [2.24, 2.45) is 11.8 Å². The van der Waals surface area contributed by atoms with E-state index in [-0.39, 0.29) is 23.8 Å². The number of hydrogen-bond donors (Lipinski definition) is 1. The number of furan rings is 1. The molecule has 1 aromatic carbocycles. The van der Waals surface area contributed by atoms with E-state index in [1.807, 2.05) is 4.90 Å². The molecule has 2 aliphatic rings. The van der Waals surface area contributed by atoms with Crippen LogP contribution in [0.4, 0.5) is 0 Å². The highest BCUT2D eigenvalue weighted by Crippen LogP contribution is 2.41. The molecular formula is C22H26N2O3. The Bertz CT molecular complexity index is 785. The predicted molar refractivity (Wildman–Crippen MR) is 102 cm³/mol. The van der Waals surface area contributed by atoms with Crippen molar-refractivity contribution in [3.05, 3.63) is 59.5 Å². The van der Waals surface area contributed by atoms with E-state index in [0.29, 0.717) is 37.4 Å². The van der Waals surface area contributed by atoms with Gasteiger partial charge in [0.15, 0.2) is 0 Å². The molecule has 0 radical (unpaired) electrons. The Morgan fingerprint density at radius 1 is 1.07 bits per heavy atom. The van der Waals surface area contributed by atoms with Crippen LogP contribution in [-0.4, -0.2) is 29.8 Å². The summed E-state index contributed by atoms with van der Waals surface area (Å²) in [5, 5.41) is 3.30. The minimum atomic E-state index is -0.0231. The Kier molecular flexibility index (Phi) is 5.01. The summed E-state index contributed by atoms with van der Waals surface area (Å²) in [7, 11) is 0. The number of nitrogens with one attached hydrogen (secondary N) is 1. The molecule has 2 fully saturated rings. The Morgan fingerprint density at radius 3 is 2.37 bits per heavy atom. The summed E-state index contributed by atoms with van der Waals surface area (Å²) in [6.07, 6.45) is 6.76. The number of carbonyl (C=O) groups is 2. The Labute approximate surface area is 159 Å². The van der Waals surface area contributed by atoms with Gasteiger partial charge in [0.2, 0.25) is 5.91 Å². The highest BCUT2D eigenvalue weighted by atomic mass is 16.3. The van der Waals surface area contributed by atoms with Gasteiger partial charge in [-0.3, -0.25) is 9.59 Å². The number of amides is 2. The minimum absolute atomic E-state index is 0.0156. The molecule has 142 valence electrons. The van der Waals surface area contributed by atoms with Crippen LogP contribution in [0.25, 0.3) is 0 Å². The topological polar surface area (TPSA) is 62.6 Å². The maximum Gasteiger partial charge on any atom is 0.257 e. The van der Waals surface area contributed by atoms with Gasteiger partial charge < -0.3 is 14.6 Å². The summed E-state index contributed by atoms with van der Waals surface area (Å²) in [4.78, 5) is 27.1. The van der Waals surface area contributed by atoms with Gasteiger partial charge in [0, 0.05) is 19.0 Å². The van der Waals surface area contributed by atoms with Crippen LogP contribution in [0.15, 0.2) is 47.3 Å². The third-order valence-corrected chi connectivity index (χ3v) is 5.75. The second-order valence-corrected chi connectivity index (χ2v) is 7.81. The second kappa shape index (κ2) is 7.59. The van der Waals surface area contributed by atoms with Crippen LogP contribution in [0, 0.1) is 18.8 Å². The fourth-order valence-corrected chi connectivity index (χ4v) is 3.86. The molecule has 0 spiro atoms. The fraction of sp³-hybridized carbons (Fsp3) is 0.455. The summed E-state index contributed by atoms with van der Waals surface area (Å²) in [5.41, 5.74) is 3.00. The van der Waals surface area contributed by atoms with Gasteiger partial charge in [-0.25, -0.2) is 0 Å². The number of likely N-dealkylation sites (tertiary alicyclic amines) is 1. The largest absolute Gasteiger partial charge is 0.472 e. The smallest absolute Gasteiger partial charge is 0.257 e. The van der Waals surface area contributed by atoms with E-state index < -0.39 is 0 Å². The van der Waals surface area contributed by atoms with Crippen molar-refractivity contribution in [1.29, 1.82) is 0 Å². The van der Waals surface area contributed by atoms with Crippen LogP contribution >= 0.6 is 0 Å². The zero-order valence-corrected chi connectivity index (χ0v) is 15.7. The maximum atomic E-state index is 12.9. The van der Waals surface area contributed by atoms with Gasteiger partial charge in [0.1, 0.15) is 6.26 Å². The first-order valence-electron chi connectivity index (χ1n) is 9.80. The first-order chi connectivity index (χ1) is 13.1.